The highest BCUT2D eigenvalue weighted by molar-refractivity contribution is 7.99. The molecule has 3 aromatic rings. The molecule has 1 aliphatic rings. The molecular formula is C21H20N2OS. The monoisotopic (exact) mass is 348 g/mol. The average Bonchev–Trinajstić information content (AvgIpc) is 3.50. The Kier molecular flexibility index (Phi) is 4.79. The zero-order valence-corrected chi connectivity index (χ0v) is 14.8. The summed E-state index contributed by atoms with van der Waals surface area (Å²) in [5.74, 6) is 2.64. The summed E-state index contributed by atoms with van der Waals surface area (Å²) in [7, 11) is 0. The first-order valence-corrected chi connectivity index (χ1v) is 9.77. The van der Waals surface area contributed by atoms with Crippen LogP contribution >= 0.6 is 11.8 Å². The van der Waals surface area contributed by atoms with Crippen molar-refractivity contribution in [2.75, 3.05) is 5.75 Å². The van der Waals surface area contributed by atoms with Gasteiger partial charge in [0, 0.05) is 23.3 Å². The number of carbonyl (C=O) groups excluding carboxylic acids is 1. The van der Waals surface area contributed by atoms with Crippen LogP contribution in [0.4, 0.5) is 0 Å². The first kappa shape index (κ1) is 16.3. The van der Waals surface area contributed by atoms with E-state index in [1.54, 1.807) is 11.8 Å². The molecule has 126 valence electrons. The zero-order chi connectivity index (χ0) is 17.1. The van der Waals surface area contributed by atoms with Crippen LogP contribution in [0.3, 0.4) is 0 Å². The number of thioether (sulfide) groups is 1. The van der Waals surface area contributed by atoms with Crippen molar-refractivity contribution >= 4 is 28.4 Å². The van der Waals surface area contributed by atoms with Gasteiger partial charge in [-0.15, -0.1) is 11.8 Å². The van der Waals surface area contributed by atoms with E-state index in [9.17, 15) is 4.79 Å². The highest BCUT2D eigenvalue weighted by Gasteiger charge is 2.27. The Morgan fingerprint density at radius 2 is 1.76 bits per heavy atom. The summed E-state index contributed by atoms with van der Waals surface area (Å²) in [5.41, 5.74) is 1.83. The zero-order valence-electron chi connectivity index (χ0n) is 14.0. The Labute approximate surface area is 151 Å². The van der Waals surface area contributed by atoms with Crippen molar-refractivity contribution in [3.63, 3.8) is 0 Å². The quantitative estimate of drug-likeness (QED) is 0.253. The molecule has 0 atom stereocenters. The number of rotatable bonds is 7. The number of Topliss-reactive ketones (excluding diaryl/α,β-unsaturated/α-hetero) is 1. The first-order chi connectivity index (χ1) is 12.3. The molecular weight excluding hydrogens is 328 g/mol. The van der Waals surface area contributed by atoms with Crippen LogP contribution in [0.1, 0.15) is 47.8 Å². The number of carbonyl (C=O) groups is 1. The summed E-state index contributed by atoms with van der Waals surface area (Å²) >= 11 is 1.74. The Morgan fingerprint density at radius 3 is 2.56 bits per heavy atom. The maximum absolute atomic E-state index is 12.2. The standard InChI is InChI=1S/C21H20N2OS/c24-19(15-7-2-1-3-8-15)11-6-14-25-21-17-9-4-5-10-18(17)22-20(23-21)16-12-13-16/h1-5,7-10,16H,6,11-14H2. The fraction of sp³-hybridized carbons (Fsp3) is 0.286. The molecule has 4 rings (SSSR count). The molecule has 0 spiro atoms. The molecule has 1 saturated carbocycles. The third-order valence-corrected chi connectivity index (χ3v) is 5.49. The summed E-state index contributed by atoms with van der Waals surface area (Å²) in [6.45, 7) is 0. The minimum atomic E-state index is 0.215. The van der Waals surface area contributed by atoms with Gasteiger partial charge in [-0.3, -0.25) is 4.79 Å². The second-order valence-corrected chi connectivity index (χ2v) is 7.50. The van der Waals surface area contributed by atoms with Crippen LogP contribution in [0.15, 0.2) is 59.6 Å². The number of para-hydroxylation sites is 1. The van der Waals surface area contributed by atoms with E-state index in [2.05, 4.69) is 12.1 Å². The predicted molar refractivity (Wildman–Crippen MR) is 102 cm³/mol. The van der Waals surface area contributed by atoms with Crippen LogP contribution in [0.5, 0.6) is 0 Å². The largest absolute Gasteiger partial charge is 0.294 e. The van der Waals surface area contributed by atoms with Crippen molar-refractivity contribution < 1.29 is 4.79 Å². The minimum Gasteiger partial charge on any atom is -0.294 e. The molecule has 1 aliphatic carbocycles. The van der Waals surface area contributed by atoms with Gasteiger partial charge in [-0.25, -0.2) is 9.97 Å². The molecule has 0 amide bonds. The SMILES string of the molecule is O=C(CCCSc1nc(C2CC2)nc2ccccc12)c1ccccc1. The average molecular weight is 348 g/mol. The van der Waals surface area contributed by atoms with E-state index >= 15 is 0 Å². The van der Waals surface area contributed by atoms with E-state index in [1.165, 1.54) is 12.8 Å². The molecule has 0 unspecified atom stereocenters. The summed E-state index contributed by atoms with van der Waals surface area (Å²) in [5, 5.41) is 2.17. The van der Waals surface area contributed by atoms with Crippen molar-refractivity contribution in [1.82, 2.24) is 9.97 Å². The molecule has 1 heterocycles. The normalized spacial score (nSPS) is 13.9. The van der Waals surface area contributed by atoms with E-state index < -0.39 is 0 Å². The minimum absolute atomic E-state index is 0.215. The van der Waals surface area contributed by atoms with Gasteiger partial charge in [0.2, 0.25) is 0 Å². The Morgan fingerprint density at radius 1 is 1.00 bits per heavy atom. The third-order valence-electron chi connectivity index (χ3n) is 4.41. The van der Waals surface area contributed by atoms with E-state index in [-0.39, 0.29) is 5.78 Å². The number of ketones is 1. The van der Waals surface area contributed by atoms with Gasteiger partial charge < -0.3 is 0 Å². The summed E-state index contributed by atoms with van der Waals surface area (Å²) in [4.78, 5) is 21.7. The molecule has 4 heteroatoms. The van der Waals surface area contributed by atoms with Crippen molar-refractivity contribution in [2.24, 2.45) is 0 Å². The van der Waals surface area contributed by atoms with Gasteiger partial charge in [0.1, 0.15) is 10.9 Å². The van der Waals surface area contributed by atoms with Crippen molar-refractivity contribution in [1.29, 1.82) is 0 Å². The van der Waals surface area contributed by atoms with Gasteiger partial charge in [0.25, 0.3) is 0 Å². The molecule has 3 nitrogen and oxygen atoms in total. The second kappa shape index (κ2) is 7.36. The Hall–Kier alpha value is -2.20. The first-order valence-electron chi connectivity index (χ1n) is 8.79. The predicted octanol–water partition coefficient (Wildman–Crippen LogP) is 5.26. The molecule has 1 fully saturated rings. The number of nitrogens with zero attached hydrogens (tertiary/aromatic N) is 2. The molecule has 0 aliphatic heterocycles. The number of fused-ring (bicyclic) bond motifs is 1. The maximum atomic E-state index is 12.2. The fourth-order valence-corrected chi connectivity index (χ4v) is 3.84. The molecule has 25 heavy (non-hydrogen) atoms. The van der Waals surface area contributed by atoms with Gasteiger partial charge in [0.05, 0.1) is 5.52 Å². The van der Waals surface area contributed by atoms with Gasteiger partial charge in [-0.05, 0) is 31.1 Å². The lowest BCUT2D eigenvalue weighted by atomic mass is 10.1. The van der Waals surface area contributed by atoms with Crippen LogP contribution in [-0.4, -0.2) is 21.5 Å². The summed E-state index contributed by atoms with van der Waals surface area (Å²) in [6.07, 6.45) is 3.84. The lowest BCUT2D eigenvalue weighted by Crippen LogP contribution is -2.00. The highest BCUT2D eigenvalue weighted by Crippen LogP contribution is 2.39. The number of hydrogen-bond donors (Lipinski definition) is 0. The van der Waals surface area contributed by atoms with Crippen LogP contribution < -0.4 is 0 Å². The number of benzene rings is 2. The van der Waals surface area contributed by atoms with Crippen LogP contribution in [0.2, 0.25) is 0 Å². The van der Waals surface area contributed by atoms with E-state index in [0.29, 0.717) is 12.3 Å². The van der Waals surface area contributed by atoms with Gasteiger partial charge >= 0.3 is 0 Å². The van der Waals surface area contributed by atoms with Crippen molar-refractivity contribution in [3.8, 4) is 0 Å². The second-order valence-electron chi connectivity index (χ2n) is 6.42. The molecule has 0 N–H and O–H groups in total. The molecule has 0 bridgehead atoms. The lowest BCUT2D eigenvalue weighted by Gasteiger charge is -2.08. The lowest BCUT2D eigenvalue weighted by molar-refractivity contribution is 0.0982. The Balaban J connectivity index is 1.41. The number of hydrogen-bond acceptors (Lipinski definition) is 4. The van der Waals surface area contributed by atoms with Crippen molar-refractivity contribution in [2.45, 2.75) is 36.6 Å². The summed E-state index contributed by atoms with van der Waals surface area (Å²) in [6, 6.07) is 17.7. The van der Waals surface area contributed by atoms with Crippen molar-refractivity contribution in [3.05, 3.63) is 66.0 Å². The van der Waals surface area contributed by atoms with Gasteiger partial charge in [0.15, 0.2) is 5.78 Å². The molecule has 1 aromatic heterocycles. The van der Waals surface area contributed by atoms with Crippen LogP contribution in [0, 0.1) is 0 Å². The maximum Gasteiger partial charge on any atom is 0.162 e. The van der Waals surface area contributed by atoms with E-state index in [0.717, 1.165) is 39.5 Å². The third kappa shape index (κ3) is 3.90. The van der Waals surface area contributed by atoms with Gasteiger partial charge in [-0.2, -0.15) is 0 Å². The Bertz CT molecular complexity index is 891. The van der Waals surface area contributed by atoms with Gasteiger partial charge in [-0.1, -0.05) is 48.5 Å². The van der Waals surface area contributed by atoms with E-state index in [1.807, 2.05) is 42.5 Å². The van der Waals surface area contributed by atoms with Crippen LogP contribution in [-0.2, 0) is 0 Å². The topological polar surface area (TPSA) is 42.9 Å². The number of aromatic nitrogens is 2. The summed E-state index contributed by atoms with van der Waals surface area (Å²) < 4.78 is 0. The van der Waals surface area contributed by atoms with E-state index in [4.69, 9.17) is 9.97 Å². The fourth-order valence-electron chi connectivity index (χ4n) is 2.87. The molecule has 0 saturated heterocycles. The van der Waals surface area contributed by atoms with Crippen LogP contribution in [0.25, 0.3) is 10.9 Å². The molecule has 0 radical (unpaired) electrons. The molecule has 2 aromatic carbocycles. The smallest absolute Gasteiger partial charge is 0.162 e. The highest BCUT2D eigenvalue weighted by atomic mass is 32.2.